The van der Waals surface area contributed by atoms with Crippen LogP contribution in [0.15, 0.2) is 48.8 Å². The van der Waals surface area contributed by atoms with Gasteiger partial charge in [0, 0.05) is 11.9 Å². The number of nitrogens with zero attached hydrogens (tertiary/aromatic N) is 3. The maximum Gasteiger partial charge on any atom is 0.223 e. The van der Waals surface area contributed by atoms with Crippen molar-refractivity contribution in [3.8, 4) is 6.07 Å². The Morgan fingerprint density at radius 3 is 2.91 bits per heavy atom. The fourth-order valence-corrected chi connectivity index (χ4v) is 2.84. The zero-order chi connectivity index (χ0) is 16.2. The molecule has 0 amide bonds. The first-order valence-electron chi connectivity index (χ1n) is 6.86. The second-order valence-corrected chi connectivity index (χ2v) is 5.88. The Morgan fingerprint density at radius 2 is 2.13 bits per heavy atom. The minimum atomic E-state index is -0.139. The quantitative estimate of drug-likeness (QED) is 0.742. The van der Waals surface area contributed by atoms with Crippen LogP contribution < -0.4 is 5.32 Å². The molecule has 112 valence electrons. The topological polar surface area (TPSA) is 78.7 Å². The second-order valence-electron chi connectivity index (χ2n) is 4.85. The van der Waals surface area contributed by atoms with Crippen molar-refractivity contribution < 1.29 is 4.79 Å². The van der Waals surface area contributed by atoms with E-state index >= 15 is 0 Å². The number of benzene rings is 1. The van der Waals surface area contributed by atoms with Gasteiger partial charge in [0.2, 0.25) is 5.78 Å². The molecule has 0 saturated carbocycles. The molecule has 0 spiro atoms. The van der Waals surface area contributed by atoms with Crippen LogP contribution in [0.25, 0.3) is 0 Å². The van der Waals surface area contributed by atoms with Crippen molar-refractivity contribution in [2.45, 2.75) is 6.92 Å². The molecular weight excluding hydrogens is 308 g/mol. The molecule has 0 aliphatic heterocycles. The number of aromatic nitrogens is 2. The number of ketones is 1. The molecule has 0 radical (unpaired) electrons. The normalized spacial score (nSPS) is 10.1. The molecule has 0 aliphatic rings. The Morgan fingerprint density at radius 1 is 1.26 bits per heavy atom. The molecule has 1 aromatic carbocycles. The highest BCUT2D eigenvalue weighted by atomic mass is 32.1. The number of carbonyl (C=O) groups is 1. The number of carbonyl (C=O) groups excluding carboxylic acids is 1. The lowest BCUT2D eigenvalue weighted by Gasteiger charge is -2.02. The van der Waals surface area contributed by atoms with Gasteiger partial charge >= 0.3 is 0 Å². The Bertz CT molecular complexity index is 911. The number of thiazole rings is 1. The lowest BCUT2D eigenvalue weighted by Crippen LogP contribution is -2.04. The standard InChI is InChI=1S/C17H12N4OS/c1-11-4-3-7-19-15(11)16(22)14-10-20-17(23-14)21-13-6-2-5-12(8-13)9-18/h2-8,10H,1H3,(H,20,21). The van der Waals surface area contributed by atoms with Crippen molar-refractivity contribution in [3.05, 3.63) is 70.5 Å². The molecule has 0 aliphatic carbocycles. The van der Waals surface area contributed by atoms with Crippen molar-refractivity contribution in [2.75, 3.05) is 5.32 Å². The molecular formula is C17H12N4OS. The Hall–Kier alpha value is -3.04. The zero-order valence-electron chi connectivity index (χ0n) is 12.3. The van der Waals surface area contributed by atoms with Gasteiger partial charge in [-0.25, -0.2) is 4.98 Å². The molecule has 23 heavy (non-hydrogen) atoms. The molecule has 2 heterocycles. The summed E-state index contributed by atoms with van der Waals surface area (Å²) >= 11 is 1.26. The van der Waals surface area contributed by atoms with Gasteiger partial charge in [-0.2, -0.15) is 5.26 Å². The van der Waals surface area contributed by atoms with Crippen molar-refractivity contribution in [1.29, 1.82) is 5.26 Å². The van der Waals surface area contributed by atoms with Gasteiger partial charge in [0.15, 0.2) is 5.13 Å². The number of nitriles is 1. The number of pyridine rings is 1. The lowest BCUT2D eigenvalue weighted by atomic mass is 10.1. The monoisotopic (exact) mass is 320 g/mol. The van der Waals surface area contributed by atoms with Gasteiger partial charge in [-0.1, -0.05) is 23.5 Å². The minimum absolute atomic E-state index is 0.139. The highest BCUT2D eigenvalue weighted by Crippen LogP contribution is 2.25. The van der Waals surface area contributed by atoms with E-state index in [4.69, 9.17) is 5.26 Å². The molecule has 0 saturated heterocycles. The highest BCUT2D eigenvalue weighted by Gasteiger charge is 2.16. The molecule has 3 aromatic rings. The first-order chi connectivity index (χ1) is 11.2. The van der Waals surface area contributed by atoms with E-state index in [1.807, 2.05) is 19.1 Å². The predicted molar refractivity (Wildman–Crippen MR) is 89.0 cm³/mol. The van der Waals surface area contributed by atoms with Crippen molar-refractivity contribution in [2.24, 2.45) is 0 Å². The van der Waals surface area contributed by atoms with Crippen LogP contribution in [0, 0.1) is 18.3 Å². The van der Waals surface area contributed by atoms with E-state index in [9.17, 15) is 4.79 Å². The van der Waals surface area contributed by atoms with Crippen LogP contribution in [-0.2, 0) is 0 Å². The van der Waals surface area contributed by atoms with Crippen molar-refractivity contribution in [3.63, 3.8) is 0 Å². The van der Waals surface area contributed by atoms with Gasteiger partial charge in [0.05, 0.1) is 22.7 Å². The fraction of sp³-hybridized carbons (Fsp3) is 0.0588. The summed E-state index contributed by atoms with van der Waals surface area (Å²) < 4.78 is 0. The molecule has 0 fully saturated rings. The van der Waals surface area contributed by atoms with E-state index in [0.717, 1.165) is 11.3 Å². The number of hydrogen-bond acceptors (Lipinski definition) is 6. The summed E-state index contributed by atoms with van der Waals surface area (Å²) in [5.74, 6) is -0.139. The third kappa shape index (κ3) is 3.25. The third-order valence-corrected chi connectivity index (χ3v) is 4.11. The van der Waals surface area contributed by atoms with Gasteiger partial charge in [-0.3, -0.25) is 9.78 Å². The van der Waals surface area contributed by atoms with Crippen LogP contribution in [0.5, 0.6) is 0 Å². The van der Waals surface area contributed by atoms with Gasteiger partial charge in [-0.15, -0.1) is 0 Å². The smallest absolute Gasteiger partial charge is 0.223 e. The van der Waals surface area contributed by atoms with Gasteiger partial charge in [0.1, 0.15) is 5.69 Å². The minimum Gasteiger partial charge on any atom is -0.331 e. The molecule has 2 aromatic heterocycles. The van der Waals surface area contributed by atoms with Gasteiger partial charge < -0.3 is 5.32 Å². The SMILES string of the molecule is Cc1cccnc1C(=O)c1cnc(Nc2cccc(C#N)c2)s1. The largest absolute Gasteiger partial charge is 0.331 e. The van der Waals surface area contributed by atoms with Crippen LogP contribution in [0.4, 0.5) is 10.8 Å². The van der Waals surface area contributed by atoms with E-state index < -0.39 is 0 Å². The Kier molecular flexibility index (Phi) is 4.13. The van der Waals surface area contributed by atoms with Gasteiger partial charge in [0.25, 0.3) is 0 Å². The van der Waals surface area contributed by atoms with Crippen molar-refractivity contribution in [1.82, 2.24) is 9.97 Å². The maximum absolute atomic E-state index is 12.5. The van der Waals surface area contributed by atoms with E-state index in [-0.39, 0.29) is 5.78 Å². The zero-order valence-corrected chi connectivity index (χ0v) is 13.1. The first-order valence-corrected chi connectivity index (χ1v) is 7.68. The maximum atomic E-state index is 12.5. The van der Waals surface area contributed by atoms with Gasteiger partial charge in [-0.05, 0) is 36.8 Å². The highest BCUT2D eigenvalue weighted by molar-refractivity contribution is 7.17. The summed E-state index contributed by atoms with van der Waals surface area (Å²) in [5.41, 5.74) is 2.59. The van der Waals surface area contributed by atoms with Crippen LogP contribution in [0.2, 0.25) is 0 Å². The number of hydrogen-bond donors (Lipinski definition) is 1. The molecule has 5 nitrogen and oxygen atoms in total. The Balaban J connectivity index is 1.82. The molecule has 3 rings (SSSR count). The summed E-state index contributed by atoms with van der Waals surface area (Å²) in [6.45, 7) is 1.85. The first kappa shape index (κ1) is 14.9. The second kappa shape index (κ2) is 6.38. The van der Waals surface area contributed by atoms with Crippen LogP contribution in [0.3, 0.4) is 0 Å². The number of anilines is 2. The van der Waals surface area contributed by atoms with Crippen LogP contribution >= 0.6 is 11.3 Å². The summed E-state index contributed by atoms with van der Waals surface area (Å²) in [4.78, 5) is 21.4. The van der Waals surface area contributed by atoms with E-state index in [2.05, 4.69) is 21.4 Å². The number of rotatable bonds is 4. The summed E-state index contributed by atoms with van der Waals surface area (Å²) in [6.07, 6.45) is 3.14. The summed E-state index contributed by atoms with van der Waals surface area (Å²) in [5, 5.41) is 12.6. The molecule has 0 atom stereocenters. The number of nitrogens with one attached hydrogen (secondary N) is 1. The number of aryl methyl sites for hydroxylation is 1. The molecule has 6 heteroatoms. The third-order valence-electron chi connectivity index (χ3n) is 3.20. The molecule has 0 unspecified atom stereocenters. The Labute approximate surface area is 137 Å². The lowest BCUT2D eigenvalue weighted by molar-refractivity contribution is 0.103. The predicted octanol–water partition coefficient (Wildman–Crippen LogP) is 3.69. The van der Waals surface area contributed by atoms with Crippen molar-refractivity contribution >= 4 is 27.9 Å². The van der Waals surface area contributed by atoms with Crippen LogP contribution in [0.1, 0.15) is 26.5 Å². The summed E-state index contributed by atoms with van der Waals surface area (Å²) in [7, 11) is 0. The average Bonchev–Trinajstić information content (AvgIpc) is 3.03. The van der Waals surface area contributed by atoms with E-state index in [1.165, 1.54) is 17.5 Å². The fourth-order valence-electron chi connectivity index (χ4n) is 2.07. The summed E-state index contributed by atoms with van der Waals surface area (Å²) in [6, 6.07) is 12.8. The average molecular weight is 320 g/mol. The van der Waals surface area contributed by atoms with Crippen LogP contribution in [-0.4, -0.2) is 15.8 Å². The van der Waals surface area contributed by atoms with E-state index in [0.29, 0.717) is 21.3 Å². The molecule has 0 bridgehead atoms. The molecule has 1 N–H and O–H groups in total. The van der Waals surface area contributed by atoms with E-state index in [1.54, 1.807) is 30.5 Å².